The van der Waals surface area contributed by atoms with Crippen molar-refractivity contribution in [1.82, 2.24) is 14.7 Å². The van der Waals surface area contributed by atoms with Crippen LogP contribution in [0.25, 0.3) is 0 Å². The van der Waals surface area contributed by atoms with Crippen LogP contribution in [0.2, 0.25) is 0 Å². The Kier molecular flexibility index (Phi) is 4.68. The molecule has 6 heteroatoms. The normalized spacial score (nSPS) is 11.9. The number of anilines is 1. The van der Waals surface area contributed by atoms with E-state index in [1.165, 1.54) is 17.1 Å². The molecule has 20 heavy (non-hydrogen) atoms. The average molecular weight is 290 g/mol. The van der Waals surface area contributed by atoms with Gasteiger partial charge in [-0.15, -0.1) is 0 Å². The van der Waals surface area contributed by atoms with Crippen LogP contribution in [0, 0.1) is 6.92 Å². The summed E-state index contributed by atoms with van der Waals surface area (Å²) < 4.78 is 4.01. The molecule has 2 N–H and O–H groups in total. The molecule has 1 atom stereocenters. The molecule has 0 spiro atoms. The molecule has 1 aromatic heterocycles. The number of hydrogen-bond donors (Lipinski definition) is 2. The fourth-order valence-electron chi connectivity index (χ4n) is 1.80. The van der Waals surface area contributed by atoms with Crippen molar-refractivity contribution in [2.75, 3.05) is 5.32 Å². The van der Waals surface area contributed by atoms with Crippen LogP contribution in [-0.2, 0) is 6.42 Å². The maximum atomic E-state index is 11.8. The standard InChI is InChI=1S/C14H18N4OS/c1-4-11-5-7-12(8-6-11)9(2)15-13(19)17-14-16-10(3)18-20-14/h5-9H,4H2,1-3H3,(H2,15,16,17,18,19)/t9-/m0/s1. The number of amides is 2. The van der Waals surface area contributed by atoms with Gasteiger partial charge in [-0.3, -0.25) is 5.32 Å². The van der Waals surface area contributed by atoms with Gasteiger partial charge in [0.05, 0.1) is 6.04 Å². The summed E-state index contributed by atoms with van der Waals surface area (Å²) in [5.41, 5.74) is 2.36. The summed E-state index contributed by atoms with van der Waals surface area (Å²) in [6, 6.07) is 7.92. The third-order valence-electron chi connectivity index (χ3n) is 2.98. The number of carbonyl (C=O) groups excluding carboxylic acids is 1. The molecule has 0 radical (unpaired) electrons. The van der Waals surface area contributed by atoms with Gasteiger partial charge in [0.25, 0.3) is 0 Å². The van der Waals surface area contributed by atoms with Crippen molar-refractivity contribution >= 4 is 22.7 Å². The lowest BCUT2D eigenvalue weighted by molar-refractivity contribution is 0.249. The monoisotopic (exact) mass is 290 g/mol. The van der Waals surface area contributed by atoms with Gasteiger partial charge in [-0.05, 0) is 31.4 Å². The van der Waals surface area contributed by atoms with Crippen LogP contribution in [0.4, 0.5) is 9.93 Å². The third kappa shape index (κ3) is 3.77. The van der Waals surface area contributed by atoms with Crippen molar-refractivity contribution in [1.29, 1.82) is 0 Å². The molecule has 2 rings (SSSR count). The van der Waals surface area contributed by atoms with Gasteiger partial charge >= 0.3 is 6.03 Å². The van der Waals surface area contributed by atoms with Gasteiger partial charge in [-0.1, -0.05) is 31.2 Å². The van der Waals surface area contributed by atoms with E-state index in [-0.39, 0.29) is 12.1 Å². The molecule has 0 unspecified atom stereocenters. The summed E-state index contributed by atoms with van der Waals surface area (Å²) in [4.78, 5) is 15.9. The smallest absolute Gasteiger partial charge is 0.321 e. The first-order chi connectivity index (χ1) is 9.58. The Balaban J connectivity index is 1.92. The van der Waals surface area contributed by atoms with E-state index in [4.69, 9.17) is 0 Å². The van der Waals surface area contributed by atoms with Gasteiger partial charge < -0.3 is 5.32 Å². The predicted octanol–water partition coefficient (Wildman–Crippen LogP) is 3.29. The topological polar surface area (TPSA) is 66.9 Å². The zero-order valence-electron chi connectivity index (χ0n) is 11.8. The summed E-state index contributed by atoms with van der Waals surface area (Å²) >= 11 is 1.17. The minimum absolute atomic E-state index is 0.0603. The largest absolute Gasteiger partial charge is 0.331 e. The third-order valence-corrected chi connectivity index (χ3v) is 3.71. The molecular formula is C14H18N4OS. The zero-order chi connectivity index (χ0) is 14.5. The highest BCUT2D eigenvalue weighted by molar-refractivity contribution is 7.09. The van der Waals surface area contributed by atoms with Gasteiger partial charge in [0.2, 0.25) is 5.13 Å². The van der Waals surface area contributed by atoms with Crippen LogP contribution in [0.5, 0.6) is 0 Å². The molecule has 2 aromatic rings. The van der Waals surface area contributed by atoms with Crippen molar-refractivity contribution < 1.29 is 4.79 Å². The second-order valence-corrected chi connectivity index (χ2v) is 5.31. The van der Waals surface area contributed by atoms with Crippen molar-refractivity contribution in [3.8, 4) is 0 Å². The van der Waals surface area contributed by atoms with Crippen LogP contribution >= 0.6 is 11.5 Å². The highest BCUT2D eigenvalue weighted by atomic mass is 32.1. The molecule has 5 nitrogen and oxygen atoms in total. The van der Waals surface area contributed by atoms with E-state index in [1.54, 1.807) is 6.92 Å². The number of aromatic nitrogens is 2. The van der Waals surface area contributed by atoms with E-state index >= 15 is 0 Å². The minimum atomic E-state index is -0.270. The second kappa shape index (κ2) is 6.47. The van der Waals surface area contributed by atoms with Crippen LogP contribution in [0.3, 0.4) is 0 Å². The molecule has 1 heterocycles. The Morgan fingerprint density at radius 3 is 2.60 bits per heavy atom. The van der Waals surface area contributed by atoms with Crippen LogP contribution < -0.4 is 10.6 Å². The van der Waals surface area contributed by atoms with E-state index in [2.05, 4.69) is 39.0 Å². The molecule has 0 fully saturated rings. The van der Waals surface area contributed by atoms with E-state index in [1.807, 2.05) is 19.1 Å². The Hall–Kier alpha value is -1.95. The molecule has 2 amide bonds. The maximum Gasteiger partial charge on any atom is 0.321 e. The van der Waals surface area contributed by atoms with Crippen molar-refractivity contribution in [3.05, 3.63) is 41.2 Å². The summed E-state index contributed by atoms with van der Waals surface area (Å²) in [5.74, 6) is 0.661. The van der Waals surface area contributed by atoms with E-state index < -0.39 is 0 Å². The van der Waals surface area contributed by atoms with Gasteiger partial charge in [-0.25, -0.2) is 9.78 Å². The van der Waals surface area contributed by atoms with E-state index in [9.17, 15) is 4.79 Å². The quantitative estimate of drug-likeness (QED) is 0.908. The lowest BCUT2D eigenvalue weighted by Crippen LogP contribution is -2.31. The number of urea groups is 1. The van der Waals surface area contributed by atoms with Crippen molar-refractivity contribution in [2.45, 2.75) is 33.2 Å². The Morgan fingerprint density at radius 2 is 2.05 bits per heavy atom. The lowest BCUT2D eigenvalue weighted by Gasteiger charge is -2.14. The molecule has 0 bridgehead atoms. The summed E-state index contributed by atoms with van der Waals surface area (Å²) in [7, 11) is 0. The number of aryl methyl sites for hydroxylation is 2. The maximum absolute atomic E-state index is 11.8. The Labute approximate surface area is 122 Å². The number of hydrogen-bond acceptors (Lipinski definition) is 4. The lowest BCUT2D eigenvalue weighted by atomic mass is 10.1. The summed E-state index contributed by atoms with van der Waals surface area (Å²) in [6.07, 6.45) is 1.01. The Morgan fingerprint density at radius 1 is 1.35 bits per heavy atom. The van der Waals surface area contributed by atoms with Gasteiger partial charge in [-0.2, -0.15) is 4.37 Å². The average Bonchev–Trinajstić information content (AvgIpc) is 2.84. The highest BCUT2D eigenvalue weighted by Crippen LogP contribution is 2.15. The zero-order valence-corrected chi connectivity index (χ0v) is 12.6. The minimum Gasteiger partial charge on any atom is -0.331 e. The van der Waals surface area contributed by atoms with Crippen molar-refractivity contribution in [3.63, 3.8) is 0 Å². The number of carbonyl (C=O) groups is 1. The first-order valence-electron chi connectivity index (χ1n) is 6.55. The van der Waals surface area contributed by atoms with Crippen LogP contribution in [0.15, 0.2) is 24.3 Å². The Bertz CT molecular complexity index is 579. The molecule has 0 saturated heterocycles. The number of rotatable bonds is 4. The van der Waals surface area contributed by atoms with Gasteiger partial charge in [0.1, 0.15) is 5.82 Å². The molecule has 106 valence electrons. The molecule has 0 saturated carbocycles. The summed E-state index contributed by atoms with van der Waals surface area (Å²) in [5, 5.41) is 6.07. The van der Waals surface area contributed by atoms with Gasteiger partial charge in [0, 0.05) is 11.5 Å². The molecule has 0 aliphatic carbocycles. The SMILES string of the molecule is CCc1ccc([C@H](C)NC(=O)Nc2nc(C)ns2)cc1. The molecular weight excluding hydrogens is 272 g/mol. The number of nitrogens with one attached hydrogen (secondary N) is 2. The molecule has 0 aliphatic heterocycles. The van der Waals surface area contributed by atoms with E-state index in [0.29, 0.717) is 11.0 Å². The first-order valence-corrected chi connectivity index (χ1v) is 7.32. The van der Waals surface area contributed by atoms with Crippen LogP contribution in [-0.4, -0.2) is 15.4 Å². The number of nitrogens with zero attached hydrogens (tertiary/aromatic N) is 2. The fourth-order valence-corrected chi connectivity index (χ4v) is 2.37. The summed E-state index contributed by atoms with van der Waals surface area (Å²) in [6.45, 7) is 5.86. The molecule has 0 aliphatic rings. The predicted molar refractivity (Wildman–Crippen MR) is 81.0 cm³/mol. The number of benzene rings is 1. The second-order valence-electron chi connectivity index (χ2n) is 4.56. The van der Waals surface area contributed by atoms with Crippen LogP contribution in [0.1, 0.15) is 36.8 Å². The van der Waals surface area contributed by atoms with Crippen molar-refractivity contribution in [2.24, 2.45) is 0 Å². The first kappa shape index (κ1) is 14.5. The van der Waals surface area contributed by atoms with Gasteiger partial charge in [0.15, 0.2) is 0 Å². The van der Waals surface area contributed by atoms with E-state index in [0.717, 1.165) is 12.0 Å². The highest BCUT2D eigenvalue weighted by Gasteiger charge is 2.11. The molecule has 1 aromatic carbocycles. The fraction of sp³-hybridized carbons (Fsp3) is 0.357.